The van der Waals surface area contributed by atoms with Gasteiger partial charge in [-0.1, -0.05) is 0 Å². The third-order valence-corrected chi connectivity index (χ3v) is 2.58. The van der Waals surface area contributed by atoms with Crippen LogP contribution in [0.5, 0.6) is 0 Å². The van der Waals surface area contributed by atoms with Crippen LogP contribution in [0.3, 0.4) is 0 Å². The Kier molecular flexibility index (Phi) is 2.14. The molecule has 17 heavy (non-hydrogen) atoms. The summed E-state index contributed by atoms with van der Waals surface area (Å²) in [5.74, 6) is 0.387. The minimum Gasteiger partial charge on any atom is -0.475 e. The van der Waals surface area contributed by atoms with Crippen LogP contribution in [0.15, 0.2) is 23.0 Å². The second-order valence-electron chi connectivity index (χ2n) is 3.94. The van der Waals surface area contributed by atoms with Gasteiger partial charge in [0.25, 0.3) is 0 Å². The topological polar surface area (TPSA) is 89.1 Å². The minimum absolute atomic E-state index is 0.226. The maximum atomic E-state index is 10.6. The molecule has 1 saturated carbocycles. The molecule has 1 fully saturated rings. The van der Waals surface area contributed by atoms with Gasteiger partial charge in [0.1, 0.15) is 0 Å². The van der Waals surface area contributed by atoms with Crippen molar-refractivity contribution in [2.75, 3.05) is 0 Å². The Balaban J connectivity index is 1.89. The van der Waals surface area contributed by atoms with Crippen molar-refractivity contribution >= 4 is 5.97 Å². The highest BCUT2D eigenvalue weighted by Gasteiger charge is 2.28. The van der Waals surface area contributed by atoms with Crippen molar-refractivity contribution in [1.82, 2.24) is 15.0 Å². The summed E-state index contributed by atoms with van der Waals surface area (Å²) < 4.78 is 5.56. The van der Waals surface area contributed by atoms with E-state index >= 15 is 0 Å². The average molecular weight is 231 g/mol. The van der Waals surface area contributed by atoms with E-state index in [1.54, 1.807) is 6.20 Å². The van der Waals surface area contributed by atoms with Crippen molar-refractivity contribution in [1.29, 1.82) is 0 Å². The molecular weight excluding hydrogens is 222 g/mol. The SMILES string of the molecule is O=C(O)c1ncc(-c2cnc(C3CC3)o2)cn1. The number of carboxylic acids is 1. The number of rotatable bonds is 3. The Morgan fingerprint density at radius 3 is 2.53 bits per heavy atom. The Hall–Kier alpha value is -2.24. The highest BCUT2D eigenvalue weighted by molar-refractivity contribution is 5.83. The van der Waals surface area contributed by atoms with Crippen LogP contribution in [0, 0.1) is 0 Å². The molecule has 1 aliphatic carbocycles. The molecule has 0 radical (unpaired) electrons. The molecule has 0 amide bonds. The molecule has 0 aliphatic heterocycles. The molecule has 0 spiro atoms. The molecule has 0 unspecified atom stereocenters. The first-order valence-electron chi connectivity index (χ1n) is 5.25. The van der Waals surface area contributed by atoms with Gasteiger partial charge in [-0.25, -0.2) is 19.7 Å². The van der Waals surface area contributed by atoms with E-state index in [0.717, 1.165) is 18.7 Å². The maximum absolute atomic E-state index is 10.6. The van der Waals surface area contributed by atoms with E-state index in [4.69, 9.17) is 9.52 Å². The van der Waals surface area contributed by atoms with Crippen molar-refractivity contribution in [3.8, 4) is 11.3 Å². The minimum atomic E-state index is -1.15. The molecule has 0 bridgehead atoms. The van der Waals surface area contributed by atoms with Gasteiger partial charge in [-0.2, -0.15) is 0 Å². The number of hydrogen-bond donors (Lipinski definition) is 1. The van der Waals surface area contributed by atoms with Crippen molar-refractivity contribution in [3.05, 3.63) is 30.3 Å². The average Bonchev–Trinajstić information content (AvgIpc) is 3.07. The van der Waals surface area contributed by atoms with Crippen LogP contribution in [0.2, 0.25) is 0 Å². The molecule has 1 N–H and O–H groups in total. The van der Waals surface area contributed by atoms with E-state index in [1.165, 1.54) is 12.4 Å². The first-order valence-corrected chi connectivity index (χ1v) is 5.25. The molecule has 1 aliphatic rings. The monoisotopic (exact) mass is 231 g/mol. The lowest BCUT2D eigenvalue weighted by molar-refractivity contribution is 0.0683. The summed E-state index contributed by atoms with van der Waals surface area (Å²) in [6, 6.07) is 0. The molecule has 0 atom stereocenters. The normalized spacial score (nSPS) is 14.8. The fourth-order valence-corrected chi connectivity index (χ4v) is 1.51. The van der Waals surface area contributed by atoms with Gasteiger partial charge in [-0.15, -0.1) is 0 Å². The van der Waals surface area contributed by atoms with Gasteiger partial charge in [-0.05, 0) is 12.8 Å². The van der Waals surface area contributed by atoms with E-state index in [2.05, 4.69) is 15.0 Å². The lowest BCUT2D eigenvalue weighted by atomic mass is 10.3. The molecule has 3 rings (SSSR count). The largest absolute Gasteiger partial charge is 0.475 e. The van der Waals surface area contributed by atoms with Crippen molar-refractivity contribution in [2.45, 2.75) is 18.8 Å². The van der Waals surface area contributed by atoms with Gasteiger partial charge in [0, 0.05) is 18.3 Å². The zero-order chi connectivity index (χ0) is 11.8. The lowest BCUT2D eigenvalue weighted by Crippen LogP contribution is -2.02. The smallest absolute Gasteiger partial charge is 0.373 e. The van der Waals surface area contributed by atoms with Crippen LogP contribution in [0.25, 0.3) is 11.3 Å². The van der Waals surface area contributed by atoms with E-state index < -0.39 is 5.97 Å². The van der Waals surface area contributed by atoms with Crippen molar-refractivity contribution in [3.63, 3.8) is 0 Å². The van der Waals surface area contributed by atoms with E-state index in [9.17, 15) is 4.79 Å². The Morgan fingerprint density at radius 1 is 1.24 bits per heavy atom. The molecule has 2 heterocycles. The van der Waals surface area contributed by atoms with Crippen molar-refractivity contribution < 1.29 is 14.3 Å². The fraction of sp³-hybridized carbons (Fsp3) is 0.273. The number of carboxylic acid groups (broad SMARTS) is 1. The zero-order valence-corrected chi connectivity index (χ0v) is 8.83. The zero-order valence-electron chi connectivity index (χ0n) is 8.83. The molecular formula is C11H9N3O3. The standard InChI is InChI=1S/C11H9N3O3/c15-11(16)9-12-3-7(4-13-9)8-5-14-10(17-8)6-1-2-6/h3-6H,1-2H2,(H,15,16). The van der Waals surface area contributed by atoms with Gasteiger partial charge in [0.15, 0.2) is 11.7 Å². The molecule has 0 aromatic carbocycles. The predicted molar refractivity (Wildman–Crippen MR) is 56.5 cm³/mol. The number of oxazole rings is 1. The second kappa shape index (κ2) is 3.65. The van der Waals surface area contributed by atoms with Crippen molar-refractivity contribution in [2.24, 2.45) is 0 Å². The summed E-state index contributed by atoms with van der Waals surface area (Å²) in [6.45, 7) is 0. The summed E-state index contributed by atoms with van der Waals surface area (Å²) >= 11 is 0. The Labute approximate surface area is 96.4 Å². The van der Waals surface area contributed by atoms with Gasteiger partial charge >= 0.3 is 5.97 Å². The molecule has 6 nitrogen and oxygen atoms in total. The summed E-state index contributed by atoms with van der Waals surface area (Å²) in [5.41, 5.74) is 0.634. The third-order valence-electron chi connectivity index (χ3n) is 2.58. The molecule has 6 heteroatoms. The lowest BCUT2D eigenvalue weighted by Gasteiger charge is -1.95. The summed E-state index contributed by atoms with van der Waals surface area (Å²) in [4.78, 5) is 22.2. The number of aromatic nitrogens is 3. The maximum Gasteiger partial charge on any atom is 0.373 e. The summed E-state index contributed by atoms with van der Waals surface area (Å²) in [5, 5.41) is 8.67. The van der Waals surface area contributed by atoms with Gasteiger partial charge in [-0.3, -0.25) is 0 Å². The number of aromatic carboxylic acids is 1. The third kappa shape index (κ3) is 1.89. The van der Waals surface area contributed by atoms with E-state index in [0.29, 0.717) is 17.2 Å². The van der Waals surface area contributed by atoms with Crippen LogP contribution in [-0.2, 0) is 0 Å². The molecule has 86 valence electrons. The van der Waals surface area contributed by atoms with Crippen LogP contribution in [-0.4, -0.2) is 26.0 Å². The number of carbonyl (C=O) groups is 1. The quantitative estimate of drug-likeness (QED) is 0.864. The van der Waals surface area contributed by atoms with E-state index in [1.807, 2.05) is 0 Å². The van der Waals surface area contributed by atoms with Crippen LogP contribution in [0.4, 0.5) is 0 Å². The van der Waals surface area contributed by atoms with Gasteiger partial charge < -0.3 is 9.52 Å². The summed E-state index contributed by atoms with van der Waals surface area (Å²) in [6.07, 6.45) is 6.71. The first kappa shape index (κ1) is 9.95. The second-order valence-corrected chi connectivity index (χ2v) is 3.94. The van der Waals surface area contributed by atoms with Crippen LogP contribution < -0.4 is 0 Å². The number of hydrogen-bond acceptors (Lipinski definition) is 5. The highest BCUT2D eigenvalue weighted by atomic mass is 16.4. The molecule has 2 aromatic heterocycles. The van der Waals surface area contributed by atoms with Crippen LogP contribution in [0.1, 0.15) is 35.3 Å². The summed E-state index contributed by atoms with van der Waals surface area (Å²) in [7, 11) is 0. The first-order chi connectivity index (χ1) is 8.24. The number of nitrogens with zero attached hydrogens (tertiary/aromatic N) is 3. The highest BCUT2D eigenvalue weighted by Crippen LogP contribution is 2.40. The van der Waals surface area contributed by atoms with Gasteiger partial charge in [0.2, 0.25) is 5.82 Å². The van der Waals surface area contributed by atoms with Gasteiger partial charge in [0.05, 0.1) is 11.8 Å². The fourth-order valence-electron chi connectivity index (χ4n) is 1.51. The Bertz CT molecular complexity index is 558. The van der Waals surface area contributed by atoms with E-state index in [-0.39, 0.29) is 5.82 Å². The predicted octanol–water partition coefficient (Wildman–Crippen LogP) is 1.71. The van der Waals surface area contributed by atoms with Crippen LogP contribution >= 0.6 is 0 Å². The Morgan fingerprint density at radius 2 is 1.94 bits per heavy atom. The molecule has 0 saturated heterocycles. The molecule has 2 aromatic rings.